The molecule has 2 saturated heterocycles. The summed E-state index contributed by atoms with van der Waals surface area (Å²) in [5.41, 5.74) is 1.16. The van der Waals surface area contributed by atoms with Gasteiger partial charge in [-0.25, -0.2) is 0 Å². The van der Waals surface area contributed by atoms with Crippen LogP contribution in [0.1, 0.15) is 37.7 Å². The highest BCUT2D eigenvalue weighted by atomic mass is 16.2. The van der Waals surface area contributed by atoms with Gasteiger partial charge in [0.2, 0.25) is 5.91 Å². The molecule has 108 valence electrons. The SMILES string of the molecule is CCC(C(=O)N1CCCC2CNCC21)c1ccccc1. The topological polar surface area (TPSA) is 32.3 Å². The quantitative estimate of drug-likeness (QED) is 0.916. The maximum atomic E-state index is 13.0. The van der Waals surface area contributed by atoms with Crippen molar-refractivity contribution < 1.29 is 4.79 Å². The minimum Gasteiger partial charge on any atom is -0.338 e. The van der Waals surface area contributed by atoms with E-state index in [9.17, 15) is 4.79 Å². The molecular formula is C17H24N2O. The van der Waals surface area contributed by atoms with Gasteiger partial charge < -0.3 is 10.2 Å². The number of rotatable bonds is 3. The van der Waals surface area contributed by atoms with Crippen molar-refractivity contribution in [1.29, 1.82) is 0 Å². The van der Waals surface area contributed by atoms with Gasteiger partial charge in [-0.2, -0.15) is 0 Å². The average molecular weight is 272 g/mol. The Morgan fingerprint density at radius 3 is 2.90 bits per heavy atom. The maximum absolute atomic E-state index is 13.0. The van der Waals surface area contributed by atoms with Crippen LogP contribution in [0.3, 0.4) is 0 Å². The predicted molar refractivity (Wildman–Crippen MR) is 80.6 cm³/mol. The molecule has 0 saturated carbocycles. The van der Waals surface area contributed by atoms with Crippen LogP contribution in [-0.2, 0) is 4.79 Å². The van der Waals surface area contributed by atoms with E-state index in [0.717, 1.165) is 38.0 Å². The average Bonchev–Trinajstić information content (AvgIpc) is 2.97. The predicted octanol–water partition coefficient (Wildman–Crippen LogP) is 2.39. The molecule has 0 spiro atoms. The minimum atomic E-state index is 0.0237. The highest BCUT2D eigenvalue weighted by Gasteiger charge is 2.39. The summed E-state index contributed by atoms with van der Waals surface area (Å²) < 4.78 is 0. The van der Waals surface area contributed by atoms with Gasteiger partial charge >= 0.3 is 0 Å². The van der Waals surface area contributed by atoms with Gasteiger partial charge in [-0.1, -0.05) is 37.3 Å². The van der Waals surface area contributed by atoms with Crippen LogP contribution in [0.25, 0.3) is 0 Å². The van der Waals surface area contributed by atoms with Crippen LogP contribution in [0, 0.1) is 5.92 Å². The fourth-order valence-corrected chi connectivity index (χ4v) is 3.78. The van der Waals surface area contributed by atoms with Gasteiger partial charge in [-0.3, -0.25) is 4.79 Å². The Morgan fingerprint density at radius 1 is 1.35 bits per heavy atom. The van der Waals surface area contributed by atoms with E-state index in [4.69, 9.17) is 0 Å². The van der Waals surface area contributed by atoms with E-state index in [1.54, 1.807) is 0 Å². The lowest BCUT2D eigenvalue weighted by Gasteiger charge is -2.39. The van der Waals surface area contributed by atoms with Gasteiger partial charge in [0.05, 0.1) is 5.92 Å². The number of benzene rings is 1. The second-order valence-electron chi connectivity index (χ2n) is 6.03. The first kappa shape index (κ1) is 13.6. The summed E-state index contributed by atoms with van der Waals surface area (Å²) in [7, 11) is 0. The van der Waals surface area contributed by atoms with Crippen LogP contribution >= 0.6 is 0 Å². The Hall–Kier alpha value is -1.35. The van der Waals surface area contributed by atoms with E-state index in [1.165, 1.54) is 6.42 Å². The zero-order chi connectivity index (χ0) is 13.9. The number of carbonyl (C=O) groups excluding carboxylic acids is 1. The Kier molecular flexibility index (Phi) is 4.06. The molecule has 1 N–H and O–H groups in total. The lowest BCUT2D eigenvalue weighted by Crippen LogP contribution is -2.49. The van der Waals surface area contributed by atoms with Crippen molar-refractivity contribution in [2.75, 3.05) is 19.6 Å². The molecular weight excluding hydrogens is 248 g/mol. The van der Waals surface area contributed by atoms with E-state index in [2.05, 4.69) is 29.3 Å². The normalized spacial score (nSPS) is 27.1. The summed E-state index contributed by atoms with van der Waals surface area (Å²) in [4.78, 5) is 15.1. The highest BCUT2D eigenvalue weighted by molar-refractivity contribution is 5.84. The molecule has 2 aliphatic heterocycles. The van der Waals surface area contributed by atoms with E-state index < -0.39 is 0 Å². The van der Waals surface area contributed by atoms with E-state index in [0.29, 0.717) is 17.9 Å². The molecule has 1 amide bonds. The van der Waals surface area contributed by atoms with Gasteiger partial charge in [-0.15, -0.1) is 0 Å². The second-order valence-corrected chi connectivity index (χ2v) is 6.03. The van der Waals surface area contributed by atoms with Crippen molar-refractivity contribution in [3.63, 3.8) is 0 Å². The number of nitrogens with one attached hydrogen (secondary N) is 1. The summed E-state index contributed by atoms with van der Waals surface area (Å²) in [6.45, 7) is 5.10. The molecule has 0 bridgehead atoms. The number of amides is 1. The first-order valence-corrected chi connectivity index (χ1v) is 7.87. The van der Waals surface area contributed by atoms with E-state index in [-0.39, 0.29) is 5.92 Å². The van der Waals surface area contributed by atoms with Gasteiger partial charge in [-0.05, 0) is 30.7 Å². The second kappa shape index (κ2) is 5.96. The Morgan fingerprint density at radius 2 is 2.15 bits per heavy atom. The number of likely N-dealkylation sites (tertiary alicyclic amines) is 1. The molecule has 3 heteroatoms. The number of carbonyl (C=O) groups is 1. The molecule has 1 aromatic rings. The molecule has 0 aromatic heterocycles. The van der Waals surface area contributed by atoms with Gasteiger partial charge in [0, 0.05) is 25.7 Å². The molecule has 3 unspecified atom stereocenters. The summed E-state index contributed by atoms with van der Waals surface area (Å²) in [6.07, 6.45) is 3.30. The van der Waals surface area contributed by atoms with Crippen LogP contribution in [-0.4, -0.2) is 36.5 Å². The molecule has 2 heterocycles. The Bertz CT molecular complexity index is 459. The molecule has 20 heavy (non-hydrogen) atoms. The summed E-state index contributed by atoms with van der Waals surface area (Å²) >= 11 is 0. The molecule has 3 rings (SSSR count). The lowest BCUT2D eigenvalue weighted by molar-refractivity contribution is -0.137. The molecule has 2 fully saturated rings. The van der Waals surface area contributed by atoms with Crippen LogP contribution in [0.5, 0.6) is 0 Å². The number of nitrogens with zero attached hydrogens (tertiary/aromatic N) is 1. The van der Waals surface area contributed by atoms with Crippen molar-refractivity contribution >= 4 is 5.91 Å². The third-order valence-electron chi connectivity index (χ3n) is 4.87. The number of fused-ring (bicyclic) bond motifs is 1. The van der Waals surface area contributed by atoms with Gasteiger partial charge in [0.15, 0.2) is 0 Å². The van der Waals surface area contributed by atoms with Crippen LogP contribution in [0.15, 0.2) is 30.3 Å². The van der Waals surface area contributed by atoms with Crippen molar-refractivity contribution in [3.05, 3.63) is 35.9 Å². The molecule has 3 nitrogen and oxygen atoms in total. The first-order chi connectivity index (χ1) is 9.81. The maximum Gasteiger partial charge on any atom is 0.230 e. The van der Waals surface area contributed by atoms with Crippen molar-refractivity contribution in [2.45, 2.75) is 38.1 Å². The third-order valence-corrected chi connectivity index (χ3v) is 4.87. The summed E-state index contributed by atoms with van der Waals surface area (Å²) in [5.74, 6) is 1.02. The fraction of sp³-hybridized carbons (Fsp3) is 0.588. The number of piperidine rings is 1. The fourth-order valence-electron chi connectivity index (χ4n) is 3.78. The van der Waals surface area contributed by atoms with Crippen LogP contribution in [0.2, 0.25) is 0 Å². The van der Waals surface area contributed by atoms with Crippen molar-refractivity contribution in [2.24, 2.45) is 5.92 Å². The molecule has 1 aromatic carbocycles. The zero-order valence-electron chi connectivity index (χ0n) is 12.2. The zero-order valence-corrected chi connectivity index (χ0v) is 12.2. The van der Waals surface area contributed by atoms with E-state index in [1.807, 2.05) is 18.2 Å². The lowest BCUT2D eigenvalue weighted by atomic mass is 9.88. The van der Waals surface area contributed by atoms with Gasteiger partial charge in [0.25, 0.3) is 0 Å². The highest BCUT2D eigenvalue weighted by Crippen LogP contribution is 2.30. The monoisotopic (exact) mass is 272 g/mol. The number of hydrogen-bond acceptors (Lipinski definition) is 2. The number of hydrogen-bond donors (Lipinski definition) is 1. The summed E-state index contributed by atoms with van der Waals surface area (Å²) in [5, 5.41) is 3.45. The van der Waals surface area contributed by atoms with Gasteiger partial charge in [0.1, 0.15) is 0 Å². The molecule has 0 radical (unpaired) electrons. The first-order valence-electron chi connectivity index (χ1n) is 7.87. The van der Waals surface area contributed by atoms with E-state index >= 15 is 0 Å². The largest absolute Gasteiger partial charge is 0.338 e. The molecule has 0 aliphatic carbocycles. The Balaban J connectivity index is 1.79. The standard InChI is InChI=1S/C17H24N2O/c1-2-15(13-7-4-3-5-8-13)17(20)19-10-6-9-14-11-18-12-16(14)19/h3-5,7-8,14-16,18H,2,6,9-12H2,1H3. The smallest absolute Gasteiger partial charge is 0.230 e. The van der Waals surface area contributed by atoms with Crippen molar-refractivity contribution in [3.8, 4) is 0 Å². The molecule has 2 aliphatic rings. The third kappa shape index (κ3) is 2.47. The Labute approximate surface area is 121 Å². The van der Waals surface area contributed by atoms with Crippen LogP contribution < -0.4 is 5.32 Å². The molecule has 3 atom stereocenters. The minimum absolute atomic E-state index is 0.0237. The van der Waals surface area contributed by atoms with Crippen LogP contribution in [0.4, 0.5) is 0 Å². The van der Waals surface area contributed by atoms with Crippen molar-refractivity contribution in [1.82, 2.24) is 10.2 Å². The summed E-state index contributed by atoms with van der Waals surface area (Å²) in [6, 6.07) is 10.7.